The summed E-state index contributed by atoms with van der Waals surface area (Å²) in [5.74, 6) is -0.298. The molecule has 0 aliphatic heterocycles. The molecule has 0 bridgehead atoms. The highest BCUT2D eigenvalue weighted by Gasteiger charge is 2.28. The summed E-state index contributed by atoms with van der Waals surface area (Å²) in [6, 6.07) is -0.0762. The van der Waals surface area contributed by atoms with Crippen LogP contribution in [0.3, 0.4) is 0 Å². The van der Waals surface area contributed by atoms with Gasteiger partial charge in [-0.2, -0.15) is 5.21 Å². The zero-order chi connectivity index (χ0) is 13.9. The van der Waals surface area contributed by atoms with E-state index in [4.69, 9.17) is 0 Å². The number of amides is 1. The van der Waals surface area contributed by atoms with Crippen LogP contribution in [0.1, 0.15) is 31.4 Å². The third kappa shape index (κ3) is 3.36. The first-order chi connectivity index (χ1) is 8.97. The van der Waals surface area contributed by atoms with Crippen molar-refractivity contribution in [2.45, 2.75) is 33.4 Å². The number of nitrogens with one attached hydrogen (secondary N) is 2. The van der Waals surface area contributed by atoms with Crippen molar-refractivity contribution >= 4 is 5.91 Å². The van der Waals surface area contributed by atoms with E-state index in [0.29, 0.717) is 6.54 Å². The molecule has 0 spiro atoms. The summed E-state index contributed by atoms with van der Waals surface area (Å²) < 4.78 is 1.92. The van der Waals surface area contributed by atoms with Crippen LogP contribution in [0.15, 0.2) is 18.7 Å². The number of H-pyrrole nitrogens is 1. The fourth-order valence-electron chi connectivity index (χ4n) is 1.62. The lowest BCUT2D eigenvalue weighted by molar-refractivity contribution is 0.0882. The number of rotatable bonds is 4. The van der Waals surface area contributed by atoms with Crippen LogP contribution in [0.25, 0.3) is 0 Å². The number of carbonyl (C=O) groups excluding carboxylic acids is 1. The average Bonchev–Trinajstić information content (AvgIpc) is 2.99. The number of aromatic nitrogens is 6. The van der Waals surface area contributed by atoms with Crippen LogP contribution in [0.2, 0.25) is 0 Å². The zero-order valence-electron chi connectivity index (χ0n) is 11.2. The first-order valence-electron chi connectivity index (χ1n) is 5.97. The molecule has 2 heterocycles. The Bertz CT molecular complexity index is 512. The van der Waals surface area contributed by atoms with Gasteiger partial charge in [-0.3, -0.25) is 4.79 Å². The minimum atomic E-state index is -0.339. The van der Waals surface area contributed by atoms with Crippen LogP contribution in [0.4, 0.5) is 0 Å². The second-order valence-electron chi connectivity index (χ2n) is 5.39. The molecule has 0 aliphatic rings. The van der Waals surface area contributed by atoms with Gasteiger partial charge in [0.2, 0.25) is 0 Å². The van der Waals surface area contributed by atoms with Gasteiger partial charge < -0.3 is 9.88 Å². The molecule has 2 rings (SSSR count). The molecule has 2 aromatic heterocycles. The summed E-state index contributed by atoms with van der Waals surface area (Å²) in [7, 11) is 0. The number of nitrogens with zero attached hydrogens (tertiary/aromatic N) is 5. The van der Waals surface area contributed by atoms with Crippen molar-refractivity contribution in [2.24, 2.45) is 5.41 Å². The summed E-state index contributed by atoms with van der Waals surface area (Å²) in [4.78, 5) is 16.0. The van der Waals surface area contributed by atoms with Gasteiger partial charge in [-0.1, -0.05) is 20.8 Å². The van der Waals surface area contributed by atoms with Crippen molar-refractivity contribution in [1.29, 1.82) is 0 Å². The monoisotopic (exact) mass is 263 g/mol. The van der Waals surface area contributed by atoms with Crippen molar-refractivity contribution in [3.8, 4) is 0 Å². The maximum Gasteiger partial charge on any atom is 0.293 e. The molecule has 2 N–H and O–H groups in total. The summed E-state index contributed by atoms with van der Waals surface area (Å²) >= 11 is 0. The standard InChI is InChI=1S/C11H17N7O/c1-11(2,3)8(6-18-5-4-12-7-18)13-10(19)9-14-16-17-15-9/h4-5,7-8H,6H2,1-3H3,(H,13,19)(H,14,15,16,17). The van der Waals surface area contributed by atoms with Gasteiger partial charge in [0.05, 0.1) is 12.4 Å². The van der Waals surface area contributed by atoms with E-state index >= 15 is 0 Å². The number of hydrogen-bond acceptors (Lipinski definition) is 5. The highest BCUT2D eigenvalue weighted by molar-refractivity contribution is 5.90. The quantitative estimate of drug-likeness (QED) is 0.822. The largest absolute Gasteiger partial charge is 0.344 e. The van der Waals surface area contributed by atoms with Crippen molar-refractivity contribution in [3.63, 3.8) is 0 Å². The van der Waals surface area contributed by atoms with Gasteiger partial charge in [0.15, 0.2) is 0 Å². The molecule has 2 aromatic rings. The van der Waals surface area contributed by atoms with E-state index in [1.165, 1.54) is 0 Å². The first-order valence-corrected chi connectivity index (χ1v) is 5.97. The van der Waals surface area contributed by atoms with E-state index < -0.39 is 0 Å². The summed E-state index contributed by atoms with van der Waals surface area (Å²) in [6.45, 7) is 6.81. The molecule has 0 aromatic carbocycles. The SMILES string of the molecule is CC(C)(C)C(Cn1ccnc1)NC(=O)c1nn[nH]n1. The molecule has 1 atom stereocenters. The number of hydrogen-bond donors (Lipinski definition) is 2. The highest BCUT2D eigenvalue weighted by Crippen LogP contribution is 2.21. The molecule has 1 amide bonds. The molecule has 1 unspecified atom stereocenters. The van der Waals surface area contributed by atoms with Crippen LogP contribution in [0, 0.1) is 5.41 Å². The molecule has 0 saturated carbocycles. The second kappa shape index (κ2) is 5.17. The van der Waals surface area contributed by atoms with Gasteiger partial charge in [0.1, 0.15) is 0 Å². The topological polar surface area (TPSA) is 101 Å². The molecular formula is C11H17N7O. The molecule has 8 nitrogen and oxygen atoms in total. The lowest BCUT2D eigenvalue weighted by Crippen LogP contribution is -2.46. The highest BCUT2D eigenvalue weighted by atomic mass is 16.2. The zero-order valence-corrected chi connectivity index (χ0v) is 11.2. The third-order valence-corrected chi connectivity index (χ3v) is 2.85. The van der Waals surface area contributed by atoms with E-state index in [-0.39, 0.29) is 23.2 Å². The molecule has 0 radical (unpaired) electrons. The van der Waals surface area contributed by atoms with E-state index in [9.17, 15) is 4.79 Å². The minimum absolute atomic E-state index is 0.0416. The van der Waals surface area contributed by atoms with E-state index in [0.717, 1.165) is 0 Å². The summed E-state index contributed by atoms with van der Waals surface area (Å²) in [6.07, 6.45) is 5.29. The normalized spacial score (nSPS) is 13.2. The molecule has 19 heavy (non-hydrogen) atoms. The van der Waals surface area contributed by atoms with Crippen LogP contribution in [0.5, 0.6) is 0 Å². The smallest absolute Gasteiger partial charge is 0.293 e. The van der Waals surface area contributed by atoms with Crippen LogP contribution < -0.4 is 5.32 Å². The van der Waals surface area contributed by atoms with E-state index in [2.05, 4.69) is 51.7 Å². The van der Waals surface area contributed by atoms with Crippen molar-refractivity contribution in [2.75, 3.05) is 0 Å². The first kappa shape index (κ1) is 13.2. The van der Waals surface area contributed by atoms with Gasteiger partial charge in [-0.25, -0.2) is 4.98 Å². The summed E-state index contributed by atoms with van der Waals surface area (Å²) in [5.41, 5.74) is -0.107. The minimum Gasteiger partial charge on any atom is -0.344 e. The maximum atomic E-state index is 12.0. The Kier molecular flexibility index (Phi) is 3.59. The predicted molar refractivity (Wildman–Crippen MR) is 67.1 cm³/mol. The van der Waals surface area contributed by atoms with E-state index in [1.807, 2.05) is 10.8 Å². The predicted octanol–water partition coefficient (Wildman–Crippen LogP) is 0.241. The molecule has 102 valence electrons. The fourth-order valence-corrected chi connectivity index (χ4v) is 1.62. The number of aromatic amines is 1. The Hall–Kier alpha value is -2.25. The van der Waals surface area contributed by atoms with Crippen molar-refractivity contribution < 1.29 is 4.79 Å². The number of imidazole rings is 1. The van der Waals surface area contributed by atoms with Crippen LogP contribution in [-0.2, 0) is 6.54 Å². The van der Waals surface area contributed by atoms with Crippen LogP contribution in [-0.4, -0.2) is 42.1 Å². The molecule has 0 fully saturated rings. The molecule has 0 aliphatic carbocycles. The molecular weight excluding hydrogens is 246 g/mol. The lowest BCUT2D eigenvalue weighted by atomic mass is 9.86. The van der Waals surface area contributed by atoms with Crippen LogP contribution >= 0.6 is 0 Å². The average molecular weight is 263 g/mol. The Labute approximate surface area is 110 Å². The van der Waals surface area contributed by atoms with Gasteiger partial charge in [-0.05, 0) is 10.6 Å². The van der Waals surface area contributed by atoms with Gasteiger partial charge in [-0.15, -0.1) is 10.2 Å². The van der Waals surface area contributed by atoms with Gasteiger partial charge in [0, 0.05) is 18.9 Å². The maximum absolute atomic E-state index is 12.0. The number of carbonyl (C=O) groups is 1. The second-order valence-corrected chi connectivity index (χ2v) is 5.39. The van der Waals surface area contributed by atoms with Crippen molar-refractivity contribution in [3.05, 3.63) is 24.5 Å². The van der Waals surface area contributed by atoms with E-state index in [1.54, 1.807) is 12.5 Å². The number of tetrazole rings is 1. The Morgan fingerprint density at radius 3 is 2.84 bits per heavy atom. The Balaban J connectivity index is 2.08. The van der Waals surface area contributed by atoms with Gasteiger partial charge >= 0.3 is 0 Å². The third-order valence-electron chi connectivity index (χ3n) is 2.85. The lowest BCUT2D eigenvalue weighted by Gasteiger charge is -2.31. The molecule has 0 saturated heterocycles. The summed E-state index contributed by atoms with van der Waals surface area (Å²) in [5, 5.41) is 15.9. The molecule has 8 heteroatoms. The van der Waals surface area contributed by atoms with Gasteiger partial charge in [0.25, 0.3) is 11.7 Å². The fraction of sp³-hybridized carbons (Fsp3) is 0.545. The Morgan fingerprint density at radius 2 is 2.32 bits per heavy atom. The van der Waals surface area contributed by atoms with Crippen molar-refractivity contribution in [1.82, 2.24) is 35.5 Å². The Morgan fingerprint density at radius 1 is 1.53 bits per heavy atom.